The van der Waals surface area contributed by atoms with Crippen molar-refractivity contribution in [1.29, 1.82) is 5.26 Å². The molecule has 0 atom stereocenters. The van der Waals surface area contributed by atoms with E-state index in [0.29, 0.717) is 48.5 Å². The van der Waals surface area contributed by atoms with E-state index in [1.165, 1.54) is 0 Å². The number of hydrogen-bond acceptors (Lipinski definition) is 7. The van der Waals surface area contributed by atoms with Crippen molar-refractivity contribution in [3.63, 3.8) is 0 Å². The lowest BCUT2D eigenvalue weighted by molar-refractivity contribution is 0.0258. The fourth-order valence-electron chi connectivity index (χ4n) is 4.01. The highest BCUT2D eigenvalue weighted by atomic mass is 16.6. The van der Waals surface area contributed by atoms with Crippen LogP contribution in [0.4, 0.5) is 4.79 Å². The van der Waals surface area contributed by atoms with E-state index in [-0.39, 0.29) is 18.1 Å². The minimum Gasteiger partial charge on any atom is -0.490 e. The van der Waals surface area contributed by atoms with E-state index in [2.05, 4.69) is 23.7 Å². The minimum absolute atomic E-state index is 0.0683. The number of nitrogens with zero attached hydrogens (tertiary/aromatic N) is 3. The fraction of sp³-hybridized carbons (Fsp3) is 0.393. The number of fused-ring (bicyclic) bond motifs is 1. The summed E-state index contributed by atoms with van der Waals surface area (Å²) in [7, 11) is 0. The molecule has 0 spiro atoms. The minimum atomic E-state index is -0.548. The van der Waals surface area contributed by atoms with Gasteiger partial charge in [0.25, 0.3) is 0 Å². The number of amides is 1. The zero-order chi connectivity index (χ0) is 26.5. The molecule has 0 saturated heterocycles. The normalized spacial score (nSPS) is 13.9. The largest absolute Gasteiger partial charge is 0.490 e. The Morgan fingerprint density at radius 3 is 2.56 bits per heavy atom. The second-order valence-corrected chi connectivity index (χ2v) is 9.88. The van der Waals surface area contributed by atoms with Crippen molar-refractivity contribution < 1.29 is 19.1 Å². The van der Waals surface area contributed by atoms with E-state index >= 15 is 0 Å². The number of ether oxygens (including phenoxy) is 2. The molecular weight excluding hydrogens is 456 g/mol. The van der Waals surface area contributed by atoms with E-state index in [9.17, 15) is 10.1 Å². The Morgan fingerprint density at radius 1 is 1.19 bits per heavy atom. The Hall–Kier alpha value is -3.83. The molecule has 2 N–H and O–H groups in total. The van der Waals surface area contributed by atoms with Gasteiger partial charge in [-0.3, -0.25) is 0 Å². The molecule has 8 heteroatoms. The first-order valence-corrected chi connectivity index (χ1v) is 12.0. The third kappa shape index (κ3) is 6.64. The number of benzene rings is 2. The lowest BCUT2D eigenvalue weighted by Crippen LogP contribution is -2.38. The molecule has 190 valence electrons. The number of nitrogens with two attached hydrogens (primary N) is 1. The Kier molecular flexibility index (Phi) is 8.38. The lowest BCUT2D eigenvalue weighted by atomic mass is 9.96. The Bertz CT molecular complexity index is 1210. The summed E-state index contributed by atoms with van der Waals surface area (Å²) in [5.41, 5.74) is 3.87. The first-order valence-electron chi connectivity index (χ1n) is 12.0. The topological polar surface area (TPSA) is 110 Å². The van der Waals surface area contributed by atoms with E-state index in [0.717, 1.165) is 16.7 Å². The van der Waals surface area contributed by atoms with Crippen molar-refractivity contribution in [2.75, 3.05) is 13.1 Å². The van der Waals surface area contributed by atoms with Crippen LogP contribution in [0.5, 0.6) is 5.75 Å². The van der Waals surface area contributed by atoms with Crippen LogP contribution in [0.1, 0.15) is 62.4 Å². The van der Waals surface area contributed by atoms with Gasteiger partial charge in [-0.1, -0.05) is 24.8 Å². The van der Waals surface area contributed by atoms with Crippen molar-refractivity contribution in [3.05, 3.63) is 70.8 Å². The predicted octanol–water partition coefficient (Wildman–Crippen LogP) is 4.99. The third-order valence-corrected chi connectivity index (χ3v) is 5.58. The maximum Gasteiger partial charge on any atom is 0.410 e. The third-order valence-electron chi connectivity index (χ3n) is 5.58. The smallest absolute Gasteiger partial charge is 0.410 e. The van der Waals surface area contributed by atoms with E-state index in [1.54, 1.807) is 23.1 Å². The predicted molar refractivity (Wildman–Crippen MR) is 139 cm³/mol. The fourth-order valence-corrected chi connectivity index (χ4v) is 4.01. The Morgan fingerprint density at radius 2 is 1.92 bits per heavy atom. The molecule has 0 aliphatic carbocycles. The van der Waals surface area contributed by atoms with Gasteiger partial charge in [0.05, 0.1) is 17.4 Å². The van der Waals surface area contributed by atoms with Crippen molar-refractivity contribution in [1.82, 2.24) is 4.90 Å². The molecule has 0 unspecified atom stereocenters. The number of hydrogen-bond donors (Lipinski definition) is 1. The number of nitriles is 1. The van der Waals surface area contributed by atoms with Crippen molar-refractivity contribution >= 4 is 17.7 Å². The summed E-state index contributed by atoms with van der Waals surface area (Å²) in [5.74, 6) is 6.18. The molecule has 0 bridgehead atoms. The number of carbonyl (C=O) groups excluding carboxylic acids is 1. The van der Waals surface area contributed by atoms with E-state index < -0.39 is 5.60 Å². The number of carbonyl (C=O) groups is 1. The van der Waals surface area contributed by atoms with Crippen LogP contribution in [0.2, 0.25) is 0 Å². The van der Waals surface area contributed by atoms with Gasteiger partial charge in [-0.2, -0.15) is 11.2 Å². The van der Waals surface area contributed by atoms with Crippen LogP contribution in [0.25, 0.3) is 5.70 Å². The summed E-state index contributed by atoms with van der Waals surface area (Å²) >= 11 is 0. The van der Waals surface area contributed by atoms with Gasteiger partial charge in [-0.25, -0.2) is 9.79 Å². The van der Waals surface area contributed by atoms with Gasteiger partial charge in [0.1, 0.15) is 17.4 Å². The maximum atomic E-state index is 12.6. The second-order valence-electron chi connectivity index (χ2n) is 9.88. The van der Waals surface area contributed by atoms with Crippen molar-refractivity contribution in [3.8, 4) is 11.8 Å². The average Bonchev–Trinajstić information content (AvgIpc) is 3.04. The van der Waals surface area contributed by atoms with Gasteiger partial charge >= 0.3 is 6.09 Å². The van der Waals surface area contributed by atoms with Crippen LogP contribution in [0, 0.1) is 11.3 Å². The summed E-state index contributed by atoms with van der Waals surface area (Å²) in [6.45, 7) is 14.6. The standard InChI is InChI=1S/C28H34N4O4/c1-18(2)34-25-11-10-21(16-22(25)17-29)26(36-30)31-19(3)23-9-7-8-20-12-14-32(15-13-24(20)23)27(33)35-28(4,5)6/h7-11,16,18H,3,12-15,30H2,1-2,4-6H3. The molecule has 2 aromatic carbocycles. The van der Waals surface area contributed by atoms with E-state index in [4.69, 9.17) is 20.2 Å². The molecule has 1 amide bonds. The van der Waals surface area contributed by atoms with Crippen LogP contribution in [0.3, 0.4) is 0 Å². The summed E-state index contributed by atoms with van der Waals surface area (Å²) in [5, 5.41) is 9.56. The number of rotatable bonds is 5. The first kappa shape index (κ1) is 26.8. The van der Waals surface area contributed by atoms with Gasteiger partial charge in [0.2, 0.25) is 5.90 Å². The monoisotopic (exact) mass is 490 g/mol. The number of aliphatic imine (C=N–C) groups is 1. The van der Waals surface area contributed by atoms with Crippen LogP contribution in [-0.2, 0) is 22.4 Å². The van der Waals surface area contributed by atoms with Gasteiger partial charge < -0.3 is 19.2 Å². The SMILES string of the molecule is C=C(N=C(ON)c1ccc(OC(C)C)c(C#N)c1)c1cccc2c1CCN(C(=O)OC(C)(C)C)CC2. The zero-order valence-corrected chi connectivity index (χ0v) is 21.6. The quantitative estimate of drug-likeness (QED) is 0.359. The molecule has 36 heavy (non-hydrogen) atoms. The van der Waals surface area contributed by atoms with Crippen LogP contribution >= 0.6 is 0 Å². The maximum absolute atomic E-state index is 12.6. The molecule has 0 aromatic heterocycles. The Labute approximate surface area is 212 Å². The van der Waals surface area contributed by atoms with Gasteiger partial charge in [0.15, 0.2) is 0 Å². The van der Waals surface area contributed by atoms with Crippen LogP contribution in [0.15, 0.2) is 48.0 Å². The van der Waals surface area contributed by atoms with Crippen molar-refractivity contribution in [2.24, 2.45) is 10.9 Å². The second kappa shape index (κ2) is 11.3. The Balaban J connectivity index is 1.87. The summed E-state index contributed by atoms with van der Waals surface area (Å²) in [4.78, 5) is 24.0. The molecule has 0 radical (unpaired) electrons. The summed E-state index contributed by atoms with van der Waals surface area (Å²) in [6, 6.07) is 13.2. The van der Waals surface area contributed by atoms with Gasteiger partial charge in [0, 0.05) is 24.2 Å². The van der Waals surface area contributed by atoms with Crippen LogP contribution in [-0.4, -0.2) is 41.7 Å². The summed E-state index contributed by atoms with van der Waals surface area (Å²) in [6.07, 6.45) is 0.951. The molecule has 2 aromatic rings. The summed E-state index contributed by atoms with van der Waals surface area (Å²) < 4.78 is 11.3. The molecule has 3 rings (SSSR count). The lowest BCUT2D eigenvalue weighted by Gasteiger charge is -2.26. The molecule has 1 aliphatic rings. The first-order chi connectivity index (χ1) is 17.0. The highest BCUT2D eigenvalue weighted by Gasteiger charge is 2.25. The molecule has 1 heterocycles. The molecular formula is C28H34N4O4. The van der Waals surface area contributed by atoms with E-state index in [1.807, 2.05) is 46.8 Å². The van der Waals surface area contributed by atoms with Gasteiger partial charge in [-0.05, 0) is 76.8 Å². The average molecular weight is 491 g/mol. The molecule has 0 fully saturated rings. The zero-order valence-electron chi connectivity index (χ0n) is 21.6. The highest BCUT2D eigenvalue weighted by Crippen LogP contribution is 2.28. The van der Waals surface area contributed by atoms with Gasteiger partial charge in [-0.15, -0.1) is 0 Å². The highest BCUT2D eigenvalue weighted by molar-refractivity contribution is 5.98. The van der Waals surface area contributed by atoms with Crippen molar-refractivity contribution in [2.45, 2.75) is 59.2 Å². The van der Waals surface area contributed by atoms with Crippen LogP contribution < -0.4 is 10.6 Å². The molecule has 1 aliphatic heterocycles. The molecule has 8 nitrogen and oxygen atoms in total. The molecule has 0 saturated carbocycles.